The molecule has 88 valence electrons. The highest BCUT2D eigenvalue weighted by Gasteiger charge is 2.24. The molecule has 1 heterocycles. The molecule has 2 rings (SSSR count). The smallest absolute Gasteiger partial charge is 0.163 e. The third-order valence-electron chi connectivity index (χ3n) is 3.08. The van der Waals surface area contributed by atoms with Crippen LogP contribution in [0.15, 0.2) is 18.2 Å². The summed E-state index contributed by atoms with van der Waals surface area (Å²) >= 11 is 3.45. The zero-order valence-electron chi connectivity index (χ0n) is 8.93. The maximum atomic E-state index is 13.5. The summed E-state index contributed by atoms with van der Waals surface area (Å²) in [6.45, 7) is 1.46. The average molecular weight is 290 g/mol. The molecule has 1 atom stereocenters. The molecular weight excluding hydrogens is 276 g/mol. The first-order valence-corrected chi connectivity index (χ1v) is 6.57. The second-order valence-corrected chi connectivity index (χ2v) is 4.78. The molecule has 0 bridgehead atoms. The maximum Gasteiger partial charge on any atom is 0.163 e. The standard InChI is InChI=1S/C12H14BrF2N/c13-7-10-4-2-6-16(10)8-9-3-1-5-11(14)12(9)15/h1,3,5,10H,2,4,6-8H2. The molecule has 1 saturated heterocycles. The van der Waals surface area contributed by atoms with E-state index in [1.54, 1.807) is 12.1 Å². The van der Waals surface area contributed by atoms with Gasteiger partial charge in [0.1, 0.15) is 0 Å². The van der Waals surface area contributed by atoms with Gasteiger partial charge in [-0.3, -0.25) is 4.90 Å². The van der Waals surface area contributed by atoms with Crippen LogP contribution in [0.4, 0.5) is 8.78 Å². The Balaban J connectivity index is 2.11. The molecule has 16 heavy (non-hydrogen) atoms. The first kappa shape index (κ1) is 12.0. The normalized spacial score (nSPS) is 21.6. The molecule has 4 heteroatoms. The summed E-state index contributed by atoms with van der Waals surface area (Å²) in [7, 11) is 0. The first-order chi connectivity index (χ1) is 7.72. The fourth-order valence-electron chi connectivity index (χ4n) is 2.17. The third-order valence-corrected chi connectivity index (χ3v) is 3.83. The fraction of sp³-hybridized carbons (Fsp3) is 0.500. The minimum Gasteiger partial charge on any atom is -0.295 e. The molecule has 1 aliphatic rings. The van der Waals surface area contributed by atoms with Gasteiger partial charge < -0.3 is 0 Å². The number of rotatable bonds is 3. The number of likely N-dealkylation sites (tertiary alicyclic amines) is 1. The number of nitrogens with zero attached hydrogens (tertiary/aromatic N) is 1. The lowest BCUT2D eigenvalue weighted by molar-refractivity contribution is 0.260. The van der Waals surface area contributed by atoms with E-state index in [-0.39, 0.29) is 0 Å². The molecule has 0 spiro atoms. The summed E-state index contributed by atoms with van der Waals surface area (Å²) in [5.74, 6) is -1.46. The predicted octanol–water partition coefficient (Wildman–Crippen LogP) is 3.32. The van der Waals surface area contributed by atoms with E-state index in [1.165, 1.54) is 0 Å². The van der Waals surface area contributed by atoms with Crippen LogP contribution in [-0.4, -0.2) is 22.8 Å². The molecule has 1 unspecified atom stereocenters. The van der Waals surface area contributed by atoms with Crippen LogP contribution in [0, 0.1) is 11.6 Å². The van der Waals surface area contributed by atoms with E-state index in [0.717, 1.165) is 30.8 Å². The molecule has 0 radical (unpaired) electrons. The van der Waals surface area contributed by atoms with Crippen molar-refractivity contribution in [1.82, 2.24) is 4.90 Å². The molecule has 0 aliphatic carbocycles. The predicted molar refractivity (Wildman–Crippen MR) is 63.6 cm³/mol. The second-order valence-electron chi connectivity index (χ2n) is 4.13. The topological polar surface area (TPSA) is 3.24 Å². The van der Waals surface area contributed by atoms with Crippen LogP contribution in [-0.2, 0) is 6.54 Å². The Morgan fingerprint density at radius 3 is 2.94 bits per heavy atom. The number of alkyl halides is 1. The van der Waals surface area contributed by atoms with Crippen molar-refractivity contribution in [1.29, 1.82) is 0 Å². The van der Waals surface area contributed by atoms with Gasteiger partial charge >= 0.3 is 0 Å². The Hall–Kier alpha value is -0.480. The van der Waals surface area contributed by atoms with E-state index >= 15 is 0 Å². The molecule has 0 N–H and O–H groups in total. The van der Waals surface area contributed by atoms with E-state index in [1.807, 2.05) is 0 Å². The van der Waals surface area contributed by atoms with Gasteiger partial charge in [0.15, 0.2) is 11.6 Å². The summed E-state index contributed by atoms with van der Waals surface area (Å²) < 4.78 is 26.5. The van der Waals surface area contributed by atoms with Crippen LogP contribution in [0.3, 0.4) is 0 Å². The molecule has 0 amide bonds. The summed E-state index contributed by atoms with van der Waals surface area (Å²) in [5.41, 5.74) is 0.452. The molecule has 1 aliphatic heterocycles. The first-order valence-electron chi connectivity index (χ1n) is 5.45. The fourth-order valence-corrected chi connectivity index (χ4v) is 2.90. The van der Waals surface area contributed by atoms with Crippen LogP contribution in [0.25, 0.3) is 0 Å². The minimum absolute atomic E-state index is 0.447. The van der Waals surface area contributed by atoms with E-state index in [4.69, 9.17) is 0 Å². The van der Waals surface area contributed by atoms with Crippen molar-refractivity contribution in [2.45, 2.75) is 25.4 Å². The lowest BCUT2D eigenvalue weighted by atomic mass is 10.2. The van der Waals surface area contributed by atoms with Gasteiger partial charge in [-0.2, -0.15) is 0 Å². The molecule has 1 nitrogen and oxygen atoms in total. The van der Waals surface area contributed by atoms with Gasteiger partial charge in [-0.25, -0.2) is 8.78 Å². The van der Waals surface area contributed by atoms with Crippen molar-refractivity contribution in [3.05, 3.63) is 35.4 Å². The van der Waals surface area contributed by atoms with Crippen LogP contribution in [0.2, 0.25) is 0 Å². The van der Waals surface area contributed by atoms with E-state index in [0.29, 0.717) is 18.2 Å². The Kier molecular flexibility index (Phi) is 3.92. The largest absolute Gasteiger partial charge is 0.295 e. The minimum atomic E-state index is -0.757. The molecule has 1 aromatic rings. The van der Waals surface area contributed by atoms with Crippen molar-refractivity contribution in [3.8, 4) is 0 Å². The molecular formula is C12H14BrF2N. The summed E-state index contributed by atoms with van der Waals surface area (Å²) in [6.07, 6.45) is 2.26. The Bertz CT molecular complexity index is 370. The molecule has 0 saturated carbocycles. The van der Waals surface area contributed by atoms with Gasteiger partial charge in [-0.15, -0.1) is 0 Å². The van der Waals surface area contributed by atoms with Gasteiger partial charge in [-0.1, -0.05) is 28.1 Å². The van der Waals surface area contributed by atoms with Gasteiger partial charge in [0.25, 0.3) is 0 Å². The monoisotopic (exact) mass is 289 g/mol. The lowest BCUT2D eigenvalue weighted by Crippen LogP contribution is -2.30. The molecule has 1 fully saturated rings. The summed E-state index contributed by atoms with van der Waals surface area (Å²) in [4.78, 5) is 2.20. The highest BCUT2D eigenvalue weighted by atomic mass is 79.9. The van der Waals surface area contributed by atoms with Gasteiger partial charge in [0.2, 0.25) is 0 Å². The lowest BCUT2D eigenvalue weighted by Gasteiger charge is -2.22. The van der Waals surface area contributed by atoms with Gasteiger partial charge in [-0.05, 0) is 25.5 Å². The van der Waals surface area contributed by atoms with Gasteiger partial charge in [0, 0.05) is 23.5 Å². The maximum absolute atomic E-state index is 13.5. The van der Waals surface area contributed by atoms with E-state index in [9.17, 15) is 8.78 Å². The Morgan fingerprint density at radius 1 is 1.38 bits per heavy atom. The summed E-state index contributed by atoms with van der Waals surface area (Å²) in [6, 6.07) is 4.82. The van der Waals surface area contributed by atoms with Crippen molar-refractivity contribution in [3.63, 3.8) is 0 Å². The van der Waals surface area contributed by atoms with Crippen molar-refractivity contribution < 1.29 is 8.78 Å². The van der Waals surface area contributed by atoms with Crippen molar-refractivity contribution >= 4 is 15.9 Å². The molecule has 0 aromatic heterocycles. The van der Waals surface area contributed by atoms with Crippen LogP contribution in [0.1, 0.15) is 18.4 Å². The quantitative estimate of drug-likeness (QED) is 0.772. The van der Waals surface area contributed by atoms with E-state index < -0.39 is 11.6 Å². The highest BCUT2D eigenvalue weighted by Crippen LogP contribution is 2.23. The van der Waals surface area contributed by atoms with Crippen molar-refractivity contribution in [2.24, 2.45) is 0 Å². The zero-order valence-corrected chi connectivity index (χ0v) is 10.5. The Morgan fingerprint density at radius 2 is 2.19 bits per heavy atom. The molecule has 1 aromatic carbocycles. The third kappa shape index (κ3) is 2.43. The number of halogens is 3. The van der Waals surface area contributed by atoms with E-state index in [2.05, 4.69) is 20.8 Å². The number of benzene rings is 1. The van der Waals surface area contributed by atoms with Crippen molar-refractivity contribution in [2.75, 3.05) is 11.9 Å². The number of hydrogen-bond donors (Lipinski definition) is 0. The van der Waals surface area contributed by atoms with Crippen LogP contribution >= 0.6 is 15.9 Å². The Labute approximate surface area is 103 Å². The van der Waals surface area contributed by atoms with Crippen LogP contribution in [0.5, 0.6) is 0 Å². The SMILES string of the molecule is Fc1cccc(CN2CCCC2CBr)c1F. The summed E-state index contributed by atoms with van der Waals surface area (Å²) in [5, 5.41) is 0.893. The zero-order chi connectivity index (χ0) is 11.5. The second kappa shape index (κ2) is 5.23. The number of hydrogen-bond acceptors (Lipinski definition) is 1. The van der Waals surface area contributed by atoms with Crippen LogP contribution < -0.4 is 0 Å². The average Bonchev–Trinajstić information content (AvgIpc) is 2.72. The highest BCUT2D eigenvalue weighted by molar-refractivity contribution is 9.09. The van der Waals surface area contributed by atoms with Gasteiger partial charge in [0.05, 0.1) is 0 Å².